The molecule has 0 saturated heterocycles. The Kier molecular flexibility index (Phi) is 5.94. The van der Waals surface area contributed by atoms with E-state index < -0.39 is 12.1 Å². The number of ether oxygens (including phenoxy) is 1. The van der Waals surface area contributed by atoms with Gasteiger partial charge in [-0.2, -0.15) is 0 Å². The lowest BCUT2D eigenvalue weighted by molar-refractivity contribution is -0.130. The van der Waals surface area contributed by atoms with E-state index in [1.165, 1.54) is 19.8 Å². The summed E-state index contributed by atoms with van der Waals surface area (Å²) in [5.74, 6) is -1.35. The number of nitrogens with one attached hydrogen (secondary N) is 1. The Morgan fingerprint density at radius 3 is 2.56 bits per heavy atom. The standard InChI is InChI=1S/C21H25NO5/c1-13-9-10-18-16(11-13)17(23)12-19(27-18)21(25)26-14(2)20(24)22-15-7-5-3-4-6-8-15/h9-12,14-15H,3-8H2,1-2H3,(H,22,24)/t14-/m1/s1. The van der Waals surface area contributed by atoms with Crippen LogP contribution in [-0.4, -0.2) is 24.0 Å². The number of rotatable bonds is 4. The van der Waals surface area contributed by atoms with Gasteiger partial charge in [-0.15, -0.1) is 0 Å². The Balaban J connectivity index is 1.67. The minimum Gasteiger partial charge on any atom is -0.449 e. The van der Waals surface area contributed by atoms with Crippen molar-refractivity contribution in [2.45, 2.75) is 64.5 Å². The van der Waals surface area contributed by atoms with E-state index >= 15 is 0 Å². The third-order valence-corrected chi connectivity index (χ3v) is 4.94. The average Bonchev–Trinajstić information content (AvgIpc) is 2.90. The molecular formula is C21H25NO5. The molecule has 1 aromatic carbocycles. The van der Waals surface area contributed by atoms with Crippen molar-refractivity contribution >= 4 is 22.8 Å². The van der Waals surface area contributed by atoms with Crippen LogP contribution in [0.25, 0.3) is 11.0 Å². The van der Waals surface area contributed by atoms with Gasteiger partial charge in [0.2, 0.25) is 5.76 Å². The van der Waals surface area contributed by atoms with Crippen molar-refractivity contribution < 1.29 is 18.7 Å². The smallest absolute Gasteiger partial charge is 0.375 e. The molecule has 6 nitrogen and oxygen atoms in total. The fraction of sp³-hybridized carbons (Fsp3) is 0.476. The molecular weight excluding hydrogens is 346 g/mol. The maximum absolute atomic E-state index is 12.3. The topological polar surface area (TPSA) is 85.6 Å². The van der Waals surface area contributed by atoms with E-state index in [1.807, 2.05) is 6.92 Å². The first kappa shape index (κ1) is 19.1. The van der Waals surface area contributed by atoms with Gasteiger partial charge in [-0.3, -0.25) is 9.59 Å². The van der Waals surface area contributed by atoms with Crippen molar-refractivity contribution in [1.29, 1.82) is 0 Å². The number of benzene rings is 1. The van der Waals surface area contributed by atoms with E-state index in [0.717, 1.165) is 37.3 Å². The number of hydrogen-bond donors (Lipinski definition) is 1. The minimum atomic E-state index is -0.959. The summed E-state index contributed by atoms with van der Waals surface area (Å²) in [5.41, 5.74) is 0.923. The Morgan fingerprint density at radius 1 is 1.15 bits per heavy atom. The summed E-state index contributed by atoms with van der Waals surface area (Å²) in [4.78, 5) is 36.9. The molecule has 0 radical (unpaired) electrons. The van der Waals surface area contributed by atoms with Crippen LogP contribution in [0.5, 0.6) is 0 Å². The average molecular weight is 371 g/mol. The molecule has 0 unspecified atom stereocenters. The van der Waals surface area contributed by atoms with Crippen LogP contribution in [0.15, 0.2) is 33.5 Å². The first-order valence-electron chi connectivity index (χ1n) is 9.50. The molecule has 1 aromatic heterocycles. The highest BCUT2D eigenvalue weighted by atomic mass is 16.6. The number of aryl methyl sites for hydroxylation is 1. The maximum atomic E-state index is 12.3. The van der Waals surface area contributed by atoms with Gasteiger partial charge in [0.25, 0.3) is 5.91 Å². The van der Waals surface area contributed by atoms with Gasteiger partial charge in [0.15, 0.2) is 11.5 Å². The number of esters is 1. The van der Waals surface area contributed by atoms with Gasteiger partial charge >= 0.3 is 5.97 Å². The van der Waals surface area contributed by atoms with Crippen molar-refractivity contribution in [3.05, 3.63) is 45.8 Å². The van der Waals surface area contributed by atoms with Crippen molar-refractivity contribution in [2.75, 3.05) is 0 Å². The summed E-state index contributed by atoms with van der Waals surface area (Å²) < 4.78 is 10.7. The molecule has 1 heterocycles. The van der Waals surface area contributed by atoms with E-state index in [9.17, 15) is 14.4 Å². The Morgan fingerprint density at radius 2 is 1.85 bits per heavy atom. The lowest BCUT2D eigenvalue weighted by Gasteiger charge is -2.19. The van der Waals surface area contributed by atoms with Crippen molar-refractivity contribution in [2.24, 2.45) is 0 Å². The van der Waals surface area contributed by atoms with Gasteiger partial charge in [-0.1, -0.05) is 37.3 Å². The van der Waals surface area contributed by atoms with Crippen LogP contribution < -0.4 is 10.7 Å². The molecule has 1 atom stereocenters. The number of carbonyl (C=O) groups excluding carboxylic acids is 2. The van der Waals surface area contributed by atoms with Gasteiger partial charge in [0.05, 0.1) is 5.39 Å². The van der Waals surface area contributed by atoms with Gasteiger partial charge in [-0.05, 0) is 38.8 Å². The first-order chi connectivity index (χ1) is 12.9. The highest BCUT2D eigenvalue weighted by Gasteiger charge is 2.24. The quantitative estimate of drug-likeness (QED) is 0.657. The third kappa shape index (κ3) is 4.76. The molecule has 3 rings (SSSR count). The van der Waals surface area contributed by atoms with Crippen LogP contribution in [0.2, 0.25) is 0 Å². The summed E-state index contributed by atoms with van der Waals surface area (Å²) in [6.07, 6.45) is 5.52. The van der Waals surface area contributed by atoms with E-state index in [0.29, 0.717) is 11.0 Å². The lowest BCUT2D eigenvalue weighted by atomic mass is 10.1. The van der Waals surface area contributed by atoms with Crippen LogP contribution in [-0.2, 0) is 9.53 Å². The number of hydrogen-bond acceptors (Lipinski definition) is 5. The molecule has 1 amide bonds. The zero-order valence-electron chi connectivity index (χ0n) is 15.7. The summed E-state index contributed by atoms with van der Waals surface area (Å²) in [6, 6.07) is 6.39. The summed E-state index contributed by atoms with van der Waals surface area (Å²) in [7, 11) is 0. The van der Waals surface area contributed by atoms with E-state index in [-0.39, 0.29) is 23.1 Å². The van der Waals surface area contributed by atoms with E-state index in [1.54, 1.807) is 18.2 Å². The Bertz CT molecular complexity index is 893. The van der Waals surface area contributed by atoms with Gasteiger partial charge in [0, 0.05) is 12.1 Å². The highest BCUT2D eigenvalue weighted by molar-refractivity contribution is 5.91. The SMILES string of the molecule is Cc1ccc2oc(C(=O)O[C@H](C)C(=O)NC3CCCCCC3)cc(=O)c2c1. The second kappa shape index (κ2) is 8.37. The zero-order valence-corrected chi connectivity index (χ0v) is 15.7. The normalized spacial score (nSPS) is 16.5. The second-order valence-corrected chi connectivity index (χ2v) is 7.22. The van der Waals surface area contributed by atoms with E-state index in [4.69, 9.17) is 9.15 Å². The van der Waals surface area contributed by atoms with Crippen molar-refractivity contribution in [3.63, 3.8) is 0 Å². The third-order valence-electron chi connectivity index (χ3n) is 4.94. The van der Waals surface area contributed by atoms with Gasteiger partial charge in [-0.25, -0.2) is 4.79 Å². The van der Waals surface area contributed by atoms with Crippen LogP contribution in [0.3, 0.4) is 0 Å². The molecule has 2 aromatic rings. The maximum Gasteiger partial charge on any atom is 0.375 e. The number of carbonyl (C=O) groups is 2. The monoisotopic (exact) mass is 371 g/mol. The molecule has 1 aliphatic rings. The van der Waals surface area contributed by atoms with Crippen LogP contribution >= 0.6 is 0 Å². The Hall–Kier alpha value is -2.63. The summed E-state index contributed by atoms with van der Waals surface area (Å²) in [5, 5.41) is 3.36. The molecule has 27 heavy (non-hydrogen) atoms. The highest BCUT2D eigenvalue weighted by Crippen LogP contribution is 2.18. The van der Waals surface area contributed by atoms with Crippen LogP contribution in [0.1, 0.15) is 61.6 Å². The van der Waals surface area contributed by atoms with Crippen molar-refractivity contribution in [1.82, 2.24) is 5.32 Å². The molecule has 1 N–H and O–H groups in total. The molecule has 1 fully saturated rings. The zero-order chi connectivity index (χ0) is 19.4. The second-order valence-electron chi connectivity index (χ2n) is 7.22. The lowest BCUT2D eigenvalue weighted by Crippen LogP contribution is -2.41. The van der Waals surface area contributed by atoms with Gasteiger partial charge < -0.3 is 14.5 Å². The molecule has 1 aliphatic carbocycles. The van der Waals surface area contributed by atoms with Crippen LogP contribution in [0, 0.1) is 6.92 Å². The summed E-state index contributed by atoms with van der Waals surface area (Å²) >= 11 is 0. The first-order valence-corrected chi connectivity index (χ1v) is 9.50. The molecule has 0 aliphatic heterocycles. The Labute approximate surface area is 157 Å². The molecule has 6 heteroatoms. The number of amides is 1. The predicted octanol–water partition coefficient (Wildman–Crippen LogP) is 3.49. The minimum absolute atomic E-state index is 0.128. The molecule has 1 saturated carbocycles. The largest absolute Gasteiger partial charge is 0.449 e. The fourth-order valence-corrected chi connectivity index (χ4v) is 3.39. The van der Waals surface area contributed by atoms with Crippen molar-refractivity contribution in [3.8, 4) is 0 Å². The molecule has 144 valence electrons. The summed E-state index contributed by atoms with van der Waals surface area (Å²) in [6.45, 7) is 3.39. The van der Waals surface area contributed by atoms with Crippen LogP contribution in [0.4, 0.5) is 0 Å². The van der Waals surface area contributed by atoms with E-state index in [2.05, 4.69) is 5.32 Å². The van der Waals surface area contributed by atoms with Gasteiger partial charge in [0.1, 0.15) is 5.58 Å². The fourth-order valence-electron chi connectivity index (χ4n) is 3.39. The molecule has 0 spiro atoms. The number of fused-ring (bicyclic) bond motifs is 1. The predicted molar refractivity (Wildman–Crippen MR) is 102 cm³/mol. The molecule has 0 bridgehead atoms.